The average molecular weight is 455 g/mol. The normalized spacial score (nSPS) is 11.0. The summed E-state index contributed by atoms with van der Waals surface area (Å²) in [5.74, 6) is 0.531. The van der Waals surface area contributed by atoms with E-state index in [-0.39, 0.29) is 24.0 Å². The van der Waals surface area contributed by atoms with Crippen LogP contribution in [0.2, 0.25) is 0 Å². The first-order valence-electron chi connectivity index (χ1n) is 10.7. The van der Waals surface area contributed by atoms with Gasteiger partial charge in [0.15, 0.2) is 11.5 Å². The molecule has 2 heterocycles. The summed E-state index contributed by atoms with van der Waals surface area (Å²) in [6, 6.07) is 21.2. The average Bonchev–Trinajstić information content (AvgIpc) is 3.26. The quantitative estimate of drug-likeness (QED) is 0.356. The second-order valence-corrected chi connectivity index (χ2v) is 7.83. The van der Waals surface area contributed by atoms with Crippen molar-refractivity contribution in [2.24, 2.45) is 0 Å². The Morgan fingerprint density at radius 3 is 2.47 bits per heavy atom. The van der Waals surface area contributed by atoms with Crippen LogP contribution >= 0.6 is 0 Å². The SMILES string of the molecule is COc1ccc(-c2nc(C(=O)NCc3ccc(F)cc3)cc3c2[nH]c2ccccc23)cc1OC. The van der Waals surface area contributed by atoms with Gasteiger partial charge in [-0.05, 0) is 48.0 Å². The van der Waals surface area contributed by atoms with Gasteiger partial charge < -0.3 is 19.8 Å². The second kappa shape index (κ2) is 8.86. The largest absolute Gasteiger partial charge is 0.493 e. The van der Waals surface area contributed by atoms with Crippen molar-refractivity contribution in [3.05, 3.63) is 89.9 Å². The summed E-state index contributed by atoms with van der Waals surface area (Å²) in [6.07, 6.45) is 0. The third kappa shape index (κ3) is 3.92. The molecule has 0 radical (unpaired) electrons. The van der Waals surface area contributed by atoms with Crippen LogP contribution in [0.4, 0.5) is 4.39 Å². The number of H-pyrrole nitrogens is 1. The Labute approximate surface area is 195 Å². The van der Waals surface area contributed by atoms with Crippen molar-refractivity contribution in [2.75, 3.05) is 14.2 Å². The van der Waals surface area contributed by atoms with Gasteiger partial charge in [0.1, 0.15) is 11.5 Å². The number of benzene rings is 3. The Bertz CT molecular complexity index is 1510. The molecule has 3 aromatic carbocycles. The number of amides is 1. The number of hydrogen-bond donors (Lipinski definition) is 2. The summed E-state index contributed by atoms with van der Waals surface area (Å²) < 4.78 is 24.0. The Morgan fingerprint density at radius 1 is 0.941 bits per heavy atom. The molecule has 7 heteroatoms. The minimum absolute atomic E-state index is 0.262. The van der Waals surface area contributed by atoms with E-state index < -0.39 is 0 Å². The Kier molecular flexibility index (Phi) is 5.59. The number of carbonyl (C=O) groups excluding carboxylic acids is 1. The zero-order valence-corrected chi connectivity index (χ0v) is 18.7. The number of halogens is 1. The van der Waals surface area contributed by atoms with Crippen LogP contribution in [-0.2, 0) is 6.54 Å². The van der Waals surface area contributed by atoms with Crippen molar-refractivity contribution in [1.82, 2.24) is 15.3 Å². The first kappa shape index (κ1) is 21.5. The van der Waals surface area contributed by atoms with Crippen molar-refractivity contribution in [3.8, 4) is 22.8 Å². The highest BCUT2D eigenvalue weighted by atomic mass is 19.1. The lowest BCUT2D eigenvalue weighted by atomic mass is 10.1. The third-order valence-electron chi connectivity index (χ3n) is 5.75. The van der Waals surface area contributed by atoms with Gasteiger partial charge in [0.25, 0.3) is 5.91 Å². The van der Waals surface area contributed by atoms with E-state index in [2.05, 4.69) is 10.3 Å². The maximum atomic E-state index is 13.2. The maximum absolute atomic E-state index is 13.2. The van der Waals surface area contributed by atoms with Crippen LogP contribution in [0, 0.1) is 5.82 Å². The van der Waals surface area contributed by atoms with Gasteiger partial charge in [-0.1, -0.05) is 30.3 Å². The Hall–Kier alpha value is -4.39. The molecule has 2 N–H and O–H groups in total. The van der Waals surface area contributed by atoms with E-state index >= 15 is 0 Å². The number of rotatable bonds is 6. The van der Waals surface area contributed by atoms with Crippen LogP contribution in [0.15, 0.2) is 72.8 Å². The number of hydrogen-bond acceptors (Lipinski definition) is 4. The summed E-state index contributed by atoms with van der Waals surface area (Å²) in [7, 11) is 3.16. The van der Waals surface area contributed by atoms with E-state index in [1.54, 1.807) is 32.4 Å². The van der Waals surface area contributed by atoms with Gasteiger partial charge in [0.05, 0.1) is 25.4 Å². The minimum Gasteiger partial charge on any atom is -0.493 e. The van der Waals surface area contributed by atoms with Crippen LogP contribution in [0.25, 0.3) is 33.1 Å². The zero-order valence-electron chi connectivity index (χ0n) is 18.7. The molecule has 0 saturated carbocycles. The summed E-state index contributed by atoms with van der Waals surface area (Å²) in [6.45, 7) is 0.262. The van der Waals surface area contributed by atoms with Crippen LogP contribution in [-0.4, -0.2) is 30.1 Å². The molecule has 0 fully saturated rings. The monoisotopic (exact) mass is 455 g/mol. The molecule has 1 amide bonds. The molecule has 0 saturated heterocycles. The number of para-hydroxylation sites is 1. The fraction of sp³-hybridized carbons (Fsp3) is 0.111. The highest BCUT2D eigenvalue weighted by molar-refractivity contribution is 6.13. The van der Waals surface area contributed by atoms with Gasteiger partial charge in [-0.3, -0.25) is 4.79 Å². The lowest BCUT2D eigenvalue weighted by Crippen LogP contribution is -2.24. The molecule has 0 unspecified atom stereocenters. The number of aromatic nitrogens is 2. The molecule has 5 rings (SSSR count). The Morgan fingerprint density at radius 2 is 1.71 bits per heavy atom. The summed E-state index contributed by atoms with van der Waals surface area (Å²) in [4.78, 5) is 21.3. The molecule has 0 spiro atoms. The fourth-order valence-corrected chi connectivity index (χ4v) is 4.03. The fourth-order valence-electron chi connectivity index (χ4n) is 4.03. The molecule has 0 atom stereocenters. The molecule has 0 aliphatic heterocycles. The zero-order chi connectivity index (χ0) is 23.7. The van der Waals surface area contributed by atoms with Crippen LogP contribution in [0.1, 0.15) is 16.1 Å². The number of pyridine rings is 1. The molecule has 5 aromatic rings. The first-order chi connectivity index (χ1) is 16.6. The van der Waals surface area contributed by atoms with Crippen molar-refractivity contribution in [3.63, 3.8) is 0 Å². The smallest absolute Gasteiger partial charge is 0.270 e. The van der Waals surface area contributed by atoms with Gasteiger partial charge in [-0.15, -0.1) is 0 Å². The van der Waals surface area contributed by atoms with E-state index in [9.17, 15) is 9.18 Å². The molecule has 0 aliphatic rings. The topological polar surface area (TPSA) is 76.2 Å². The Balaban J connectivity index is 1.61. The summed E-state index contributed by atoms with van der Waals surface area (Å²) in [5, 5.41) is 4.77. The number of nitrogens with one attached hydrogen (secondary N) is 2. The van der Waals surface area contributed by atoms with Gasteiger partial charge in [-0.2, -0.15) is 0 Å². The van der Waals surface area contributed by atoms with Crippen molar-refractivity contribution in [2.45, 2.75) is 6.54 Å². The molecule has 6 nitrogen and oxygen atoms in total. The molecule has 2 aromatic heterocycles. The third-order valence-corrected chi connectivity index (χ3v) is 5.75. The van der Waals surface area contributed by atoms with Gasteiger partial charge in [0.2, 0.25) is 0 Å². The van der Waals surface area contributed by atoms with Crippen molar-refractivity contribution in [1.29, 1.82) is 0 Å². The number of nitrogens with zero attached hydrogens (tertiary/aromatic N) is 1. The highest BCUT2D eigenvalue weighted by Crippen LogP contribution is 2.36. The predicted molar refractivity (Wildman–Crippen MR) is 130 cm³/mol. The highest BCUT2D eigenvalue weighted by Gasteiger charge is 2.18. The molecule has 34 heavy (non-hydrogen) atoms. The van der Waals surface area contributed by atoms with Crippen LogP contribution in [0.5, 0.6) is 11.5 Å². The first-order valence-corrected chi connectivity index (χ1v) is 10.7. The number of aromatic amines is 1. The predicted octanol–water partition coefficient (Wildman–Crippen LogP) is 5.47. The molecule has 0 bridgehead atoms. The van der Waals surface area contributed by atoms with E-state index in [0.29, 0.717) is 17.2 Å². The summed E-state index contributed by atoms with van der Waals surface area (Å²) >= 11 is 0. The van der Waals surface area contributed by atoms with E-state index in [1.165, 1.54) is 12.1 Å². The molecular weight excluding hydrogens is 433 g/mol. The number of ether oxygens (including phenoxy) is 2. The molecule has 170 valence electrons. The van der Waals surface area contributed by atoms with Crippen LogP contribution < -0.4 is 14.8 Å². The van der Waals surface area contributed by atoms with Crippen LogP contribution in [0.3, 0.4) is 0 Å². The standard InChI is InChI=1S/C27H22FN3O3/c1-33-23-12-9-17(13-24(23)34-2)25-26-20(19-5-3-4-6-21(19)30-26)14-22(31-25)27(32)29-15-16-7-10-18(28)11-8-16/h3-14,30H,15H2,1-2H3,(H,29,32). The lowest BCUT2D eigenvalue weighted by Gasteiger charge is -2.11. The lowest BCUT2D eigenvalue weighted by molar-refractivity contribution is 0.0946. The second-order valence-electron chi connectivity index (χ2n) is 7.83. The number of fused-ring (bicyclic) bond motifs is 3. The van der Waals surface area contributed by atoms with E-state index in [4.69, 9.17) is 14.5 Å². The number of methoxy groups -OCH3 is 2. The van der Waals surface area contributed by atoms with Crippen molar-refractivity contribution < 1.29 is 18.7 Å². The maximum Gasteiger partial charge on any atom is 0.270 e. The van der Waals surface area contributed by atoms with Gasteiger partial charge in [-0.25, -0.2) is 9.37 Å². The van der Waals surface area contributed by atoms with Gasteiger partial charge >= 0.3 is 0 Å². The van der Waals surface area contributed by atoms with Gasteiger partial charge in [0, 0.05) is 28.4 Å². The minimum atomic E-state index is -0.321. The molecule has 0 aliphatic carbocycles. The van der Waals surface area contributed by atoms with Crippen molar-refractivity contribution >= 4 is 27.7 Å². The molecular formula is C27H22FN3O3. The van der Waals surface area contributed by atoms with E-state index in [0.717, 1.165) is 32.9 Å². The van der Waals surface area contributed by atoms with E-state index in [1.807, 2.05) is 42.5 Å². The summed E-state index contributed by atoms with van der Waals surface area (Å²) in [5.41, 5.74) is 4.25. The number of carbonyl (C=O) groups is 1.